The maximum atomic E-state index is 15.7. The summed E-state index contributed by atoms with van der Waals surface area (Å²) in [6.07, 6.45) is 6.74. The smallest absolute Gasteiger partial charge is 0.253 e. The van der Waals surface area contributed by atoms with Crippen molar-refractivity contribution >= 4 is 61.9 Å². The molecule has 1 saturated carbocycles. The molecule has 8 rings (SSSR count). The molecule has 4 aromatic carbocycles. The number of fused-ring (bicyclic) bond motifs is 1. The van der Waals surface area contributed by atoms with Gasteiger partial charge < -0.3 is 54.1 Å². The first-order valence-electron chi connectivity index (χ1n) is 28.5. The van der Waals surface area contributed by atoms with Crippen LogP contribution in [-0.2, 0) is 50.3 Å². The summed E-state index contributed by atoms with van der Waals surface area (Å²) in [5.41, 5.74) is 7.25. The first-order chi connectivity index (χ1) is 42.0. The highest BCUT2D eigenvalue weighted by Crippen LogP contribution is 2.37. The van der Waals surface area contributed by atoms with E-state index in [4.69, 9.17) is 50.5 Å². The molecule has 25 heteroatoms. The zero-order valence-corrected chi connectivity index (χ0v) is 50.2. The van der Waals surface area contributed by atoms with Crippen molar-refractivity contribution in [2.75, 3.05) is 97.8 Å². The van der Waals surface area contributed by atoms with Crippen molar-refractivity contribution in [1.82, 2.24) is 29.1 Å². The van der Waals surface area contributed by atoms with Crippen molar-refractivity contribution in [3.05, 3.63) is 164 Å². The summed E-state index contributed by atoms with van der Waals surface area (Å²) in [7, 11) is -2.29. The summed E-state index contributed by atoms with van der Waals surface area (Å²) in [6.45, 7) is 7.19. The maximum absolute atomic E-state index is 15.7. The molecule has 3 aromatic heterocycles. The number of benzene rings is 4. The Morgan fingerprint density at radius 1 is 0.759 bits per heavy atom. The van der Waals surface area contributed by atoms with Crippen LogP contribution in [0.15, 0.2) is 113 Å². The largest absolute Gasteiger partial charge is 0.491 e. The van der Waals surface area contributed by atoms with Crippen molar-refractivity contribution in [3.63, 3.8) is 0 Å². The zero-order chi connectivity index (χ0) is 61.9. The number of ketones is 1. The first kappa shape index (κ1) is 65.5. The fourth-order valence-corrected chi connectivity index (χ4v) is 11.3. The molecular formula is C62H71ClF2N8O13S. The summed E-state index contributed by atoms with van der Waals surface area (Å²) in [5, 5.41) is 7.07. The van der Waals surface area contributed by atoms with Gasteiger partial charge in [0.1, 0.15) is 29.6 Å². The van der Waals surface area contributed by atoms with Crippen LogP contribution < -0.4 is 31.4 Å². The predicted molar refractivity (Wildman–Crippen MR) is 322 cm³/mol. The Balaban J connectivity index is 0.648. The van der Waals surface area contributed by atoms with Gasteiger partial charge in [-0.3, -0.25) is 23.7 Å². The maximum Gasteiger partial charge on any atom is 0.253 e. The van der Waals surface area contributed by atoms with E-state index in [1.807, 2.05) is 0 Å². The first-order valence-corrected chi connectivity index (χ1v) is 30.3. The van der Waals surface area contributed by atoms with Crippen LogP contribution in [0, 0.1) is 25.5 Å². The highest BCUT2D eigenvalue weighted by atomic mass is 35.5. The molecule has 0 radical (unpaired) electrons. The number of carbonyl (C=O) groups excluding carboxylic acids is 3. The van der Waals surface area contributed by atoms with E-state index < -0.39 is 45.3 Å². The molecule has 5 N–H and O–H groups in total. The number of carbonyl (C=O) groups is 3. The second kappa shape index (κ2) is 31.9. The van der Waals surface area contributed by atoms with Gasteiger partial charge in [0, 0.05) is 70.9 Å². The molecule has 21 nitrogen and oxygen atoms in total. The van der Waals surface area contributed by atoms with Crippen LogP contribution in [0.25, 0.3) is 22.2 Å². The van der Waals surface area contributed by atoms with Gasteiger partial charge in [-0.15, -0.1) is 0 Å². The molecule has 0 saturated heterocycles. The quantitative estimate of drug-likeness (QED) is 0.0215. The minimum absolute atomic E-state index is 0.0701. The molecule has 87 heavy (non-hydrogen) atoms. The van der Waals surface area contributed by atoms with Gasteiger partial charge >= 0.3 is 0 Å². The third kappa shape index (κ3) is 18.0. The van der Waals surface area contributed by atoms with Gasteiger partial charge in [-0.05, 0) is 116 Å². The molecule has 0 spiro atoms. The average Bonchev–Trinajstić information content (AvgIpc) is 1.74. The Kier molecular flexibility index (Phi) is 24.0. The molecular weight excluding hydrogens is 1170 g/mol. The number of hydrogen-bond acceptors (Lipinski definition) is 16. The number of hydrogen-bond donors (Lipinski definition) is 4. The number of halogens is 3. The molecule has 2 amide bonds. The monoisotopic (exact) mass is 1240 g/mol. The van der Waals surface area contributed by atoms with Crippen molar-refractivity contribution < 1.29 is 64.7 Å². The van der Waals surface area contributed by atoms with Gasteiger partial charge in [0.25, 0.3) is 11.5 Å². The molecule has 0 bridgehead atoms. The van der Waals surface area contributed by atoms with Crippen LogP contribution in [0.3, 0.4) is 0 Å². The van der Waals surface area contributed by atoms with E-state index in [9.17, 15) is 27.6 Å². The van der Waals surface area contributed by atoms with Crippen molar-refractivity contribution in [2.45, 2.75) is 62.9 Å². The number of ether oxygens (including phenoxy) is 7. The molecule has 1 fully saturated rings. The van der Waals surface area contributed by atoms with Crippen LogP contribution in [0.2, 0.25) is 5.02 Å². The Morgan fingerprint density at radius 2 is 1.38 bits per heavy atom. The Bertz CT molecular complexity index is 3680. The predicted octanol–water partition coefficient (Wildman–Crippen LogP) is 8.24. The fraction of sp³-hybridized carbons (Fsp3) is 0.387. The van der Waals surface area contributed by atoms with E-state index in [-0.39, 0.29) is 89.4 Å². The van der Waals surface area contributed by atoms with Gasteiger partial charge in [0.2, 0.25) is 27.7 Å². The van der Waals surface area contributed by atoms with E-state index >= 15 is 8.78 Å². The number of nitrogens with one attached hydrogen (secondary N) is 3. The number of sulfonamides is 1. The minimum Gasteiger partial charge on any atom is -0.491 e. The molecule has 7 aromatic rings. The summed E-state index contributed by atoms with van der Waals surface area (Å²) in [5.74, 6) is -2.90. The average molecular weight is 1240 g/mol. The lowest BCUT2D eigenvalue weighted by Crippen LogP contribution is -2.32. The van der Waals surface area contributed by atoms with Crippen LogP contribution in [-0.4, -0.2) is 138 Å². The number of anilines is 2. The minimum atomic E-state index is -3.81. The van der Waals surface area contributed by atoms with E-state index in [0.717, 1.165) is 43.2 Å². The van der Waals surface area contributed by atoms with Crippen LogP contribution >= 0.6 is 11.6 Å². The van der Waals surface area contributed by atoms with Gasteiger partial charge in [0.15, 0.2) is 0 Å². The third-order valence-electron chi connectivity index (χ3n) is 14.3. The summed E-state index contributed by atoms with van der Waals surface area (Å²) in [4.78, 5) is 62.4. The highest BCUT2D eigenvalue weighted by Gasteiger charge is 2.31. The topological polar surface area (TPSA) is 265 Å². The number of amides is 2. The normalized spacial score (nSPS) is 13.1. The number of nitrogens with zero attached hydrogens (tertiary/aromatic N) is 4. The second-order valence-electron chi connectivity index (χ2n) is 20.5. The zero-order valence-electron chi connectivity index (χ0n) is 48.6. The van der Waals surface area contributed by atoms with Crippen LogP contribution in [0.4, 0.5) is 20.4 Å². The number of pyridine rings is 1. The Morgan fingerprint density at radius 3 is 2.00 bits per heavy atom. The lowest BCUT2D eigenvalue weighted by atomic mass is 9.92. The third-order valence-corrected chi connectivity index (χ3v) is 16.0. The molecule has 0 aliphatic heterocycles. The molecule has 1 aliphatic carbocycles. The van der Waals surface area contributed by atoms with E-state index in [1.54, 1.807) is 78.4 Å². The number of aryl methyl sites for hydroxylation is 2. The Hall–Kier alpha value is -7.52. The summed E-state index contributed by atoms with van der Waals surface area (Å²) >= 11 is 6.20. The molecule has 0 unspecified atom stereocenters. The van der Waals surface area contributed by atoms with E-state index in [0.29, 0.717) is 98.6 Å². The van der Waals surface area contributed by atoms with Crippen molar-refractivity contribution in [1.29, 1.82) is 0 Å². The number of primary amides is 1. The van der Waals surface area contributed by atoms with Gasteiger partial charge in [-0.2, -0.15) is 4.98 Å². The number of rotatable bonds is 35. The van der Waals surface area contributed by atoms with Crippen LogP contribution in [0.5, 0.6) is 5.75 Å². The molecule has 1 aliphatic rings. The highest BCUT2D eigenvalue weighted by molar-refractivity contribution is 7.89. The molecule has 464 valence electrons. The van der Waals surface area contributed by atoms with E-state index in [1.165, 1.54) is 42.9 Å². The summed E-state index contributed by atoms with van der Waals surface area (Å²) < 4.78 is 102. The van der Waals surface area contributed by atoms with Gasteiger partial charge in [0.05, 0.1) is 108 Å². The summed E-state index contributed by atoms with van der Waals surface area (Å²) in [6, 6.07) is 21.8. The van der Waals surface area contributed by atoms with Crippen molar-refractivity contribution in [3.8, 4) is 16.9 Å². The number of nitrogens with two attached hydrogens (primary N) is 1. The number of aromatic nitrogens is 4. The molecule has 1 atom stereocenters. The second-order valence-corrected chi connectivity index (χ2v) is 22.7. The Labute approximate surface area is 507 Å². The molecule has 3 heterocycles. The standard InChI is InChI=1S/C62H71ClF2N8O13S/c1-40-35-48(16-19-52(40)70-62-67-38-44-13-20-55(75)73(60(44)71-62)46-9-4-5-10-46)87(78,79)68-21-22-80-23-24-81-25-26-82-27-28-83-29-30-84-31-32-85-33-34-86-47-14-11-42(12-15-47)59(76)58-57(56-41(2)50(64)17-18-51(56)65)49(39-72(58)3)61(77)69-53(37-54(66)74)43-7-6-8-45(63)36-43/h6-8,11-20,35-36,38-39,46,53,68H,4-5,9-10,21-34,37H2,1-3H3,(H2,66,74)(H,69,77)(H,67,70,71)/t53-/m0/s1. The van der Waals surface area contributed by atoms with Crippen molar-refractivity contribution in [2.24, 2.45) is 12.8 Å². The van der Waals surface area contributed by atoms with Gasteiger partial charge in [-0.25, -0.2) is 26.9 Å². The SMILES string of the molecule is Cc1cc(S(=O)(=O)NCCOCCOCCOCCOCCOCCOCCOc2ccc(C(=O)c3c(-c4c(F)ccc(F)c4C)c(C(=O)N[C@@H](CC(N)=O)c4cccc(Cl)c4)cn3C)cc2)ccc1Nc1ncc2ccc(=O)n(C3CCCC3)c2n1. The lowest BCUT2D eigenvalue weighted by molar-refractivity contribution is -0.118. The van der Waals surface area contributed by atoms with Crippen LogP contribution in [0.1, 0.15) is 87.3 Å². The van der Waals surface area contributed by atoms with E-state index in [2.05, 4.69) is 25.3 Å². The fourth-order valence-electron chi connectivity index (χ4n) is 9.97. The lowest BCUT2D eigenvalue weighted by Gasteiger charge is -2.19. The van der Waals surface area contributed by atoms with Gasteiger partial charge in [-0.1, -0.05) is 36.6 Å².